The van der Waals surface area contributed by atoms with Crippen LogP contribution in [0.3, 0.4) is 0 Å². The van der Waals surface area contributed by atoms with Crippen LogP contribution in [0.1, 0.15) is 40.6 Å². The molecule has 0 aliphatic carbocycles. The van der Waals surface area contributed by atoms with Crippen molar-refractivity contribution in [1.29, 1.82) is 0 Å². The maximum atomic E-state index is 11.9. The highest BCUT2D eigenvalue weighted by Crippen LogP contribution is 2.21. The molecule has 0 saturated carbocycles. The van der Waals surface area contributed by atoms with Crippen molar-refractivity contribution in [2.45, 2.75) is 33.6 Å². The summed E-state index contributed by atoms with van der Waals surface area (Å²) in [4.78, 5) is 17.3. The van der Waals surface area contributed by atoms with Gasteiger partial charge >= 0.3 is 0 Å². The van der Waals surface area contributed by atoms with Crippen molar-refractivity contribution in [3.8, 4) is 0 Å². The molecule has 1 aromatic rings. The van der Waals surface area contributed by atoms with Gasteiger partial charge in [0.15, 0.2) is 10.8 Å². The monoisotopic (exact) mass is 226 g/mol. The number of aromatic nitrogens is 1. The van der Waals surface area contributed by atoms with Crippen molar-refractivity contribution in [3.05, 3.63) is 15.6 Å². The summed E-state index contributed by atoms with van der Waals surface area (Å²) >= 11 is 1.50. The molecular weight excluding hydrogens is 208 g/mol. The third kappa shape index (κ3) is 2.86. The fraction of sp³-hybridized carbons (Fsp3) is 0.636. The Balaban J connectivity index is 2.87. The highest BCUT2D eigenvalue weighted by Gasteiger charge is 2.18. The zero-order valence-corrected chi connectivity index (χ0v) is 10.4. The Morgan fingerprint density at radius 1 is 1.60 bits per heavy atom. The number of ketones is 1. The van der Waals surface area contributed by atoms with Crippen LogP contribution in [0.25, 0.3) is 0 Å². The molecule has 0 aromatic carbocycles. The quantitative estimate of drug-likeness (QED) is 0.783. The Morgan fingerprint density at radius 3 is 2.80 bits per heavy atom. The molecule has 1 atom stereocenters. The molecule has 1 aromatic heterocycles. The van der Waals surface area contributed by atoms with E-state index in [4.69, 9.17) is 5.73 Å². The molecule has 4 heteroatoms. The van der Waals surface area contributed by atoms with Gasteiger partial charge in [0.2, 0.25) is 0 Å². The van der Waals surface area contributed by atoms with Crippen molar-refractivity contribution in [3.63, 3.8) is 0 Å². The van der Waals surface area contributed by atoms with Gasteiger partial charge in [-0.25, -0.2) is 4.98 Å². The summed E-state index contributed by atoms with van der Waals surface area (Å²) in [5.41, 5.74) is 6.45. The van der Waals surface area contributed by atoms with Crippen molar-refractivity contribution in [1.82, 2.24) is 4.98 Å². The van der Waals surface area contributed by atoms with Crippen LogP contribution < -0.4 is 5.73 Å². The van der Waals surface area contributed by atoms with Gasteiger partial charge in [-0.2, -0.15) is 0 Å². The largest absolute Gasteiger partial charge is 0.330 e. The molecule has 84 valence electrons. The van der Waals surface area contributed by atoms with Crippen LogP contribution in [0.4, 0.5) is 0 Å². The van der Waals surface area contributed by atoms with Gasteiger partial charge in [0.05, 0.1) is 5.69 Å². The van der Waals surface area contributed by atoms with E-state index in [1.165, 1.54) is 11.3 Å². The predicted octanol–water partition coefficient (Wildman–Crippen LogP) is 2.18. The number of nitrogens with zero attached hydrogens (tertiary/aromatic N) is 1. The molecule has 1 rings (SSSR count). The van der Waals surface area contributed by atoms with Crippen LogP contribution in [0, 0.1) is 12.8 Å². The molecule has 0 fully saturated rings. The Hall–Kier alpha value is -0.740. The maximum Gasteiger partial charge on any atom is 0.194 e. The average Bonchev–Trinajstić information content (AvgIpc) is 2.59. The van der Waals surface area contributed by atoms with E-state index in [1.54, 1.807) is 0 Å². The molecule has 0 aliphatic rings. The molecule has 0 bridgehead atoms. The fourth-order valence-electron chi connectivity index (χ4n) is 1.29. The first kappa shape index (κ1) is 12.3. The van der Waals surface area contributed by atoms with Crippen LogP contribution in [0.5, 0.6) is 0 Å². The molecule has 3 nitrogen and oxygen atoms in total. The minimum Gasteiger partial charge on any atom is -0.330 e. The lowest BCUT2D eigenvalue weighted by atomic mass is 10.0. The average molecular weight is 226 g/mol. The lowest BCUT2D eigenvalue weighted by Crippen LogP contribution is -2.09. The van der Waals surface area contributed by atoms with Gasteiger partial charge in [-0.05, 0) is 26.3 Å². The topological polar surface area (TPSA) is 56.0 Å². The normalized spacial score (nSPS) is 12.8. The molecule has 0 aliphatic heterocycles. The molecule has 0 spiro atoms. The second-order valence-corrected chi connectivity index (χ2v) is 4.82. The van der Waals surface area contributed by atoms with E-state index < -0.39 is 0 Å². The van der Waals surface area contributed by atoms with E-state index >= 15 is 0 Å². The lowest BCUT2D eigenvalue weighted by molar-refractivity contribution is 0.0926. The van der Waals surface area contributed by atoms with Crippen LogP contribution in [0.2, 0.25) is 0 Å². The molecule has 1 unspecified atom stereocenters. The first-order valence-corrected chi connectivity index (χ1v) is 6.12. The van der Waals surface area contributed by atoms with Gasteiger partial charge in [-0.15, -0.1) is 11.3 Å². The molecule has 0 amide bonds. The van der Waals surface area contributed by atoms with E-state index in [-0.39, 0.29) is 11.7 Å². The molecule has 15 heavy (non-hydrogen) atoms. The zero-order valence-electron chi connectivity index (χ0n) is 9.54. The number of carbonyl (C=O) groups excluding carboxylic acids is 1. The maximum absolute atomic E-state index is 11.9. The van der Waals surface area contributed by atoms with Gasteiger partial charge in [-0.3, -0.25) is 4.79 Å². The highest BCUT2D eigenvalue weighted by molar-refractivity contribution is 7.13. The highest BCUT2D eigenvalue weighted by atomic mass is 32.1. The Kier molecular flexibility index (Phi) is 4.42. The summed E-state index contributed by atoms with van der Waals surface area (Å²) in [6, 6.07) is 0. The van der Waals surface area contributed by atoms with Crippen molar-refractivity contribution in [2.75, 3.05) is 6.54 Å². The zero-order chi connectivity index (χ0) is 11.4. The second-order valence-electron chi connectivity index (χ2n) is 3.74. The van der Waals surface area contributed by atoms with E-state index in [9.17, 15) is 4.79 Å². The van der Waals surface area contributed by atoms with Gasteiger partial charge in [0.1, 0.15) is 0 Å². The smallest absolute Gasteiger partial charge is 0.194 e. The molecule has 2 N–H and O–H groups in total. The number of hydrogen-bond donors (Lipinski definition) is 1. The SMILES string of the molecule is CCC(C)C(=O)c1nc(C)c(CCN)s1. The first-order chi connectivity index (χ1) is 7.10. The number of aryl methyl sites for hydroxylation is 1. The van der Waals surface area contributed by atoms with Gasteiger partial charge in [-0.1, -0.05) is 13.8 Å². The van der Waals surface area contributed by atoms with Crippen LogP contribution in [-0.2, 0) is 6.42 Å². The minimum atomic E-state index is 0.0706. The van der Waals surface area contributed by atoms with Crippen molar-refractivity contribution < 1.29 is 4.79 Å². The second kappa shape index (κ2) is 5.37. The lowest BCUT2D eigenvalue weighted by Gasteiger charge is -2.02. The Bertz CT molecular complexity index is 346. The summed E-state index contributed by atoms with van der Waals surface area (Å²) in [6.45, 7) is 6.51. The number of nitrogens with two attached hydrogens (primary N) is 1. The molecule has 0 saturated heterocycles. The summed E-state index contributed by atoms with van der Waals surface area (Å²) in [7, 11) is 0. The Labute approximate surface area is 94.7 Å². The number of hydrogen-bond acceptors (Lipinski definition) is 4. The third-order valence-electron chi connectivity index (χ3n) is 2.53. The predicted molar refractivity (Wildman–Crippen MR) is 63.4 cm³/mol. The van der Waals surface area contributed by atoms with Gasteiger partial charge in [0.25, 0.3) is 0 Å². The molecule has 1 heterocycles. The van der Waals surface area contributed by atoms with Crippen LogP contribution >= 0.6 is 11.3 Å². The molecular formula is C11H18N2OS. The molecule has 0 radical (unpaired) electrons. The van der Waals surface area contributed by atoms with Gasteiger partial charge < -0.3 is 5.73 Å². The fourth-order valence-corrected chi connectivity index (χ4v) is 2.42. The van der Waals surface area contributed by atoms with Crippen molar-refractivity contribution >= 4 is 17.1 Å². The van der Waals surface area contributed by atoms with E-state index in [0.717, 1.165) is 23.4 Å². The number of rotatable bonds is 5. The van der Waals surface area contributed by atoms with Gasteiger partial charge in [0, 0.05) is 10.8 Å². The Morgan fingerprint density at radius 2 is 2.27 bits per heavy atom. The van der Waals surface area contributed by atoms with E-state index in [0.29, 0.717) is 11.6 Å². The standard InChI is InChI=1S/C11H18N2OS/c1-4-7(2)10(14)11-13-8(3)9(15-11)5-6-12/h7H,4-6,12H2,1-3H3. The summed E-state index contributed by atoms with van der Waals surface area (Å²) < 4.78 is 0. The number of Topliss-reactive ketones (excluding diaryl/α,β-unsaturated/α-hetero) is 1. The summed E-state index contributed by atoms with van der Waals surface area (Å²) in [5.74, 6) is 0.232. The summed E-state index contributed by atoms with van der Waals surface area (Å²) in [6.07, 6.45) is 1.68. The third-order valence-corrected chi connectivity index (χ3v) is 3.77. The van der Waals surface area contributed by atoms with E-state index in [1.807, 2.05) is 20.8 Å². The van der Waals surface area contributed by atoms with E-state index in [2.05, 4.69) is 4.98 Å². The summed E-state index contributed by atoms with van der Waals surface area (Å²) in [5, 5.41) is 0.644. The van der Waals surface area contributed by atoms with Crippen LogP contribution in [0.15, 0.2) is 0 Å². The minimum absolute atomic E-state index is 0.0706. The number of carbonyl (C=O) groups is 1. The first-order valence-electron chi connectivity index (χ1n) is 5.30. The van der Waals surface area contributed by atoms with Crippen LogP contribution in [-0.4, -0.2) is 17.3 Å². The van der Waals surface area contributed by atoms with Crippen molar-refractivity contribution in [2.24, 2.45) is 11.7 Å². The number of thiazole rings is 1.